The third-order valence-electron chi connectivity index (χ3n) is 4.33. The van der Waals surface area contributed by atoms with E-state index < -0.39 is 32.9 Å². The van der Waals surface area contributed by atoms with Crippen LogP contribution in [0.1, 0.15) is 16.8 Å². The molecule has 2 aromatic rings. The summed E-state index contributed by atoms with van der Waals surface area (Å²) in [6.07, 6.45) is 3.06. The van der Waals surface area contributed by atoms with Gasteiger partial charge in [0.1, 0.15) is 5.25 Å². The van der Waals surface area contributed by atoms with E-state index >= 15 is 0 Å². The van der Waals surface area contributed by atoms with Crippen molar-refractivity contribution in [2.24, 2.45) is 5.73 Å². The fourth-order valence-corrected chi connectivity index (χ4v) is 4.52. The van der Waals surface area contributed by atoms with Crippen molar-refractivity contribution in [1.29, 1.82) is 0 Å². The van der Waals surface area contributed by atoms with Crippen LogP contribution in [0, 0.1) is 6.42 Å². The van der Waals surface area contributed by atoms with E-state index in [1.54, 1.807) is 42.6 Å². The zero-order valence-electron chi connectivity index (χ0n) is 14.2. The summed E-state index contributed by atoms with van der Waals surface area (Å²) >= 11 is 0. The van der Waals surface area contributed by atoms with Gasteiger partial charge in [-0.1, -0.05) is 6.07 Å². The number of primary amides is 1. The van der Waals surface area contributed by atoms with Crippen LogP contribution in [0.2, 0.25) is 0 Å². The zero-order valence-corrected chi connectivity index (χ0v) is 15.1. The first-order valence-electron chi connectivity index (χ1n) is 8.23. The second-order valence-corrected chi connectivity index (χ2v) is 8.45. The highest BCUT2D eigenvalue weighted by atomic mass is 32.2. The number of pyridine rings is 1. The topological polar surface area (TPSA) is 128 Å². The van der Waals surface area contributed by atoms with Gasteiger partial charge in [-0.25, -0.2) is 8.42 Å². The lowest BCUT2D eigenvalue weighted by Gasteiger charge is -2.27. The number of hydrogen-bond acceptors (Lipinski definition) is 5. The quantitative estimate of drug-likeness (QED) is 0.750. The second kappa shape index (κ2) is 7.36. The number of rotatable bonds is 4. The molecule has 1 aromatic heterocycles. The van der Waals surface area contributed by atoms with Crippen LogP contribution >= 0.6 is 0 Å². The minimum absolute atomic E-state index is 0.176. The summed E-state index contributed by atoms with van der Waals surface area (Å²) in [5.41, 5.74) is 5.91. The SMILES string of the molecule is NC(=O)C1[CH]C(NC(=O)c2ccc(-n3ccccc3=O)cc2)CCS1(=O)=O. The summed E-state index contributed by atoms with van der Waals surface area (Å²) in [4.78, 5) is 35.6. The van der Waals surface area contributed by atoms with Gasteiger partial charge in [-0.2, -0.15) is 0 Å². The fourth-order valence-electron chi connectivity index (χ4n) is 2.90. The molecule has 2 amide bonds. The van der Waals surface area contributed by atoms with Crippen molar-refractivity contribution < 1.29 is 18.0 Å². The van der Waals surface area contributed by atoms with E-state index in [1.165, 1.54) is 17.1 Å². The van der Waals surface area contributed by atoms with E-state index in [1.807, 2.05) is 0 Å². The highest BCUT2D eigenvalue weighted by Crippen LogP contribution is 2.19. The summed E-state index contributed by atoms with van der Waals surface area (Å²) < 4.78 is 25.1. The van der Waals surface area contributed by atoms with Crippen molar-refractivity contribution in [2.45, 2.75) is 17.7 Å². The predicted molar refractivity (Wildman–Crippen MR) is 99.0 cm³/mol. The number of carbonyl (C=O) groups is 2. The zero-order chi connectivity index (χ0) is 19.6. The van der Waals surface area contributed by atoms with Crippen molar-refractivity contribution >= 4 is 21.7 Å². The Bertz CT molecular complexity index is 1030. The number of nitrogens with zero attached hydrogens (tertiary/aromatic N) is 1. The molecule has 3 rings (SSSR count). The molecule has 1 fully saturated rings. The van der Waals surface area contributed by atoms with E-state index in [0.717, 1.165) is 0 Å². The maximum atomic E-state index is 12.4. The van der Waals surface area contributed by atoms with Crippen LogP contribution in [-0.2, 0) is 14.6 Å². The molecular weight excluding hydrogens is 370 g/mol. The average Bonchev–Trinajstić information content (AvgIpc) is 2.63. The van der Waals surface area contributed by atoms with Gasteiger partial charge in [0.2, 0.25) is 5.91 Å². The molecule has 3 N–H and O–H groups in total. The number of amides is 2. The largest absolute Gasteiger partial charge is 0.369 e. The molecule has 2 atom stereocenters. The van der Waals surface area contributed by atoms with Gasteiger partial charge < -0.3 is 11.1 Å². The molecule has 2 heterocycles. The third kappa shape index (κ3) is 4.08. The Hall–Kier alpha value is -2.94. The van der Waals surface area contributed by atoms with Crippen molar-refractivity contribution in [1.82, 2.24) is 9.88 Å². The van der Waals surface area contributed by atoms with Crippen molar-refractivity contribution in [2.75, 3.05) is 5.75 Å². The summed E-state index contributed by atoms with van der Waals surface area (Å²) in [6.45, 7) is 0. The van der Waals surface area contributed by atoms with Crippen molar-refractivity contribution in [3.8, 4) is 5.69 Å². The maximum Gasteiger partial charge on any atom is 0.255 e. The first kappa shape index (κ1) is 18.8. The highest BCUT2D eigenvalue weighted by molar-refractivity contribution is 7.92. The van der Waals surface area contributed by atoms with Gasteiger partial charge in [-0.3, -0.25) is 19.0 Å². The number of sulfone groups is 1. The first-order valence-corrected chi connectivity index (χ1v) is 9.94. The van der Waals surface area contributed by atoms with E-state index in [2.05, 4.69) is 5.32 Å². The van der Waals surface area contributed by atoms with E-state index in [0.29, 0.717) is 11.3 Å². The summed E-state index contributed by atoms with van der Waals surface area (Å²) in [5, 5.41) is 1.29. The summed E-state index contributed by atoms with van der Waals surface area (Å²) in [5.74, 6) is -1.59. The Kier molecular flexibility index (Phi) is 5.13. The van der Waals surface area contributed by atoms with E-state index in [9.17, 15) is 22.8 Å². The van der Waals surface area contributed by atoms with Crippen LogP contribution in [0.5, 0.6) is 0 Å². The van der Waals surface area contributed by atoms with Gasteiger partial charge in [0.25, 0.3) is 11.5 Å². The normalized spacial score (nSPS) is 21.3. The molecule has 0 spiro atoms. The standard InChI is InChI=1S/C18H18N3O5S/c19-17(23)15-11-13(8-10-27(15,25)26)20-18(24)12-4-6-14(7-5-12)21-9-2-1-3-16(21)22/h1-7,9,11,13,15H,8,10H2,(H2,19,23)(H,20,24). The molecule has 141 valence electrons. The lowest BCUT2D eigenvalue weighted by atomic mass is 10.1. The molecule has 9 heteroatoms. The monoisotopic (exact) mass is 388 g/mol. The lowest BCUT2D eigenvalue weighted by molar-refractivity contribution is -0.117. The van der Waals surface area contributed by atoms with E-state index in [4.69, 9.17) is 5.73 Å². The van der Waals surface area contributed by atoms with Crippen LogP contribution < -0.4 is 16.6 Å². The van der Waals surface area contributed by atoms with Gasteiger partial charge in [-0.05, 0) is 36.8 Å². The van der Waals surface area contributed by atoms with E-state index in [-0.39, 0.29) is 17.7 Å². The average molecular weight is 388 g/mol. The Labute approximate surface area is 155 Å². The van der Waals surface area contributed by atoms with Crippen molar-refractivity contribution in [3.63, 3.8) is 0 Å². The van der Waals surface area contributed by atoms with Gasteiger partial charge in [0.15, 0.2) is 9.84 Å². The Morgan fingerprint density at radius 1 is 1.11 bits per heavy atom. The molecule has 0 aliphatic carbocycles. The van der Waals surface area contributed by atoms with Crippen molar-refractivity contribution in [3.05, 3.63) is 71.0 Å². The Balaban J connectivity index is 1.71. The van der Waals surface area contributed by atoms with Gasteiger partial charge in [-0.15, -0.1) is 0 Å². The van der Waals surface area contributed by atoms with Crippen LogP contribution in [0.3, 0.4) is 0 Å². The smallest absolute Gasteiger partial charge is 0.255 e. The molecule has 1 radical (unpaired) electrons. The lowest BCUT2D eigenvalue weighted by Crippen LogP contribution is -2.50. The predicted octanol–water partition coefficient (Wildman–Crippen LogP) is -0.187. The molecule has 1 aromatic carbocycles. The Morgan fingerprint density at radius 2 is 1.81 bits per heavy atom. The molecular formula is C18H18N3O5S. The van der Waals surface area contributed by atoms with Crippen LogP contribution in [-0.4, -0.2) is 41.8 Å². The van der Waals surface area contributed by atoms with Crippen LogP contribution in [0.4, 0.5) is 0 Å². The molecule has 27 heavy (non-hydrogen) atoms. The number of hydrogen-bond donors (Lipinski definition) is 2. The van der Waals surface area contributed by atoms with Gasteiger partial charge in [0.05, 0.1) is 5.75 Å². The molecule has 1 aliphatic rings. The molecule has 0 bridgehead atoms. The Morgan fingerprint density at radius 3 is 2.44 bits per heavy atom. The maximum absolute atomic E-state index is 12.4. The van der Waals surface area contributed by atoms with Crippen LogP contribution in [0.15, 0.2) is 53.5 Å². The number of nitrogens with one attached hydrogen (secondary N) is 1. The summed E-state index contributed by atoms with van der Waals surface area (Å²) in [6, 6.07) is 10.6. The molecule has 1 saturated heterocycles. The highest BCUT2D eigenvalue weighted by Gasteiger charge is 2.38. The minimum Gasteiger partial charge on any atom is -0.369 e. The molecule has 0 saturated carbocycles. The number of aromatic nitrogens is 1. The summed E-state index contributed by atoms with van der Waals surface area (Å²) in [7, 11) is -3.61. The second-order valence-electron chi connectivity index (χ2n) is 6.21. The van der Waals surface area contributed by atoms with Gasteiger partial charge >= 0.3 is 0 Å². The number of benzene rings is 1. The third-order valence-corrected chi connectivity index (χ3v) is 6.30. The van der Waals surface area contributed by atoms with Gasteiger partial charge in [0, 0.05) is 36.0 Å². The molecule has 2 unspecified atom stereocenters. The fraction of sp³-hybridized carbons (Fsp3) is 0.222. The molecule has 8 nitrogen and oxygen atoms in total. The molecule has 1 aliphatic heterocycles. The number of carbonyl (C=O) groups excluding carboxylic acids is 2. The first-order chi connectivity index (χ1) is 12.8. The number of nitrogens with two attached hydrogens (primary N) is 1. The van der Waals surface area contributed by atoms with Crippen LogP contribution in [0.25, 0.3) is 5.69 Å². The minimum atomic E-state index is -3.61.